The summed E-state index contributed by atoms with van der Waals surface area (Å²) < 4.78 is 5.20. The number of rotatable bonds is 8. The molecule has 0 saturated carbocycles. The minimum atomic E-state index is -0.543. The predicted octanol–water partition coefficient (Wildman–Crippen LogP) is 1.25. The Hall–Kier alpha value is -1.34. The molecule has 1 amide bonds. The average Bonchev–Trinajstić information content (AvgIpc) is 2.25. The molecule has 15 heavy (non-hydrogen) atoms. The van der Waals surface area contributed by atoms with Crippen molar-refractivity contribution >= 4 is 5.91 Å². The van der Waals surface area contributed by atoms with Crippen LogP contribution in [0.5, 0.6) is 0 Å². The molecule has 1 N–H and O–H groups in total. The van der Waals surface area contributed by atoms with Gasteiger partial charge in [-0.05, 0) is 12.8 Å². The van der Waals surface area contributed by atoms with Crippen LogP contribution >= 0.6 is 0 Å². The summed E-state index contributed by atoms with van der Waals surface area (Å²) in [5.41, 5.74) is 0. The summed E-state index contributed by atoms with van der Waals surface area (Å²) in [6.45, 7) is 6.93. The van der Waals surface area contributed by atoms with E-state index in [0.717, 1.165) is 6.42 Å². The fourth-order valence-electron chi connectivity index (χ4n) is 0.974. The summed E-state index contributed by atoms with van der Waals surface area (Å²) in [4.78, 5) is 11.3. The van der Waals surface area contributed by atoms with Crippen molar-refractivity contribution in [3.05, 3.63) is 12.7 Å². The first-order valence-corrected chi connectivity index (χ1v) is 5.12. The zero-order valence-electron chi connectivity index (χ0n) is 9.16. The highest BCUT2D eigenvalue weighted by molar-refractivity contribution is 5.80. The highest BCUT2D eigenvalue weighted by Gasteiger charge is 2.13. The lowest BCUT2D eigenvalue weighted by Gasteiger charge is -2.08. The largest absolute Gasteiger partial charge is 0.379 e. The van der Waals surface area contributed by atoms with Gasteiger partial charge >= 0.3 is 0 Å². The summed E-state index contributed by atoms with van der Waals surface area (Å²) >= 11 is 0. The van der Waals surface area contributed by atoms with Crippen LogP contribution in [-0.2, 0) is 9.53 Å². The standard InChI is InChI=1S/C11H18N2O2/c1-3-5-7-15-8-6-13-11(14)10(4-2)9-12/h3,10H,1,4-8H2,2H3,(H,13,14). The van der Waals surface area contributed by atoms with Gasteiger partial charge in [0.1, 0.15) is 5.92 Å². The Morgan fingerprint density at radius 2 is 2.40 bits per heavy atom. The van der Waals surface area contributed by atoms with Crippen molar-refractivity contribution in [2.75, 3.05) is 19.8 Å². The number of nitriles is 1. The van der Waals surface area contributed by atoms with E-state index >= 15 is 0 Å². The van der Waals surface area contributed by atoms with Crippen LogP contribution in [0.4, 0.5) is 0 Å². The summed E-state index contributed by atoms with van der Waals surface area (Å²) in [6, 6.07) is 1.95. The number of carbonyl (C=O) groups excluding carboxylic acids is 1. The van der Waals surface area contributed by atoms with Crippen LogP contribution in [0, 0.1) is 17.2 Å². The van der Waals surface area contributed by atoms with Crippen molar-refractivity contribution in [3.8, 4) is 6.07 Å². The Kier molecular flexibility index (Phi) is 8.40. The first-order chi connectivity index (χ1) is 7.26. The minimum absolute atomic E-state index is 0.215. The number of carbonyl (C=O) groups is 1. The van der Waals surface area contributed by atoms with Gasteiger partial charge in [-0.25, -0.2) is 0 Å². The summed E-state index contributed by atoms with van der Waals surface area (Å²) in [5, 5.41) is 11.3. The number of nitrogens with zero attached hydrogens (tertiary/aromatic N) is 1. The third-order valence-electron chi connectivity index (χ3n) is 1.89. The van der Waals surface area contributed by atoms with Crippen LogP contribution in [0.25, 0.3) is 0 Å². The maximum Gasteiger partial charge on any atom is 0.237 e. The SMILES string of the molecule is C=CCCOCCNC(=O)C(C#N)CC. The van der Waals surface area contributed by atoms with E-state index in [2.05, 4.69) is 11.9 Å². The van der Waals surface area contributed by atoms with Gasteiger partial charge in [-0.2, -0.15) is 5.26 Å². The fourth-order valence-corrected chi connectivity index (χ4v) is 0.974. The van der Waals surface area contributed by atoms with Crippen LogP contribution in [0.1, 0.15) is 19.8 Å². The second-order valence-corrected chi connectivity index (χ2v) is 3.07. The molecule has 4 heteroatoms. The monoisotopic (exact) mass is 210 g/mol. The molecule has 0 aliphatic carbocycles. The van der Waals surface area contributed by atoms with E-state index in [1.165, 1.54) is 0 Å². The Morgan fingerprint density at radius 1 is 1.67 bits per heavy atom. The molecule has 0 radical (unpaired) electrons. The van der Waals surface area contributed by atoms with Gasteiger partial charge in [-0.1, -0.05) is 13.0 Å². The second-order valence-electron chi connectivity index (χ2n) is 3.07. The summed E-state index contributed by atoms with van der Waals surface area (Å²) in [5.74, 6) is -0.759. The maximum atomic E-state index is 11.3. The molecule has 0 aromatic heterocycles. The highest BCUT2D eigenvalue weighted by atomic mass is 16.5. The zero-order valence-corrected chi connectivity index (χ0v) is 9.16. The molecule has 0 heterocycles. The topological polar surface area (TPSA) is 62.1 Å². The Labute approximate surface area is 90.9 Å². The molecule has 0 aromatic rings. The smallest absolute Gasteiger partial charge is 0.237 e. The zero-order chi connectivity index (χ0) is 11.5. The number of ether oxygens (including phenoxy) is 1. The predicted molar refractivity (Wildman–Crippen MR) is 58.0 cm³/mol. The molecule has 1 atom stereocenters. The van der Waals surface area contributed by atoms with E-state index in [0.29, 0.717) is 26.2 Å². The molecule has 0 saturated heterocycles. The number of hydrogen-bond donors (Lipinski definition) is 1. The maximum absolute atomic E-state index is 11.3. The molecule has 84 valence electrons. The van der Waals surface area contributed by atoms with Crippen molar-refractivity contribution in [1.29, 1.82) is 5.26 Å². The van der Waals surface area contributed by atoms with Gasteiger partial charge in [0, 0.05) is 6.54 Å². The second kappa shape index (κ2) is 9.22. The van der Waals surface area contributed by atoms with Crippen LogP contribution in [0.3, 0.4) is 0 Å². The average molecular weight is 210 g/mol. The van der Waals surface area contributed by atoms with Crippen LogP contribution in [0.15, 0.2) is 12.7 Å². The van der Waals surface area contributed by atoms with E-state index in [1.807, 2.05) is 13.0 Å². The van der Waals surface area contributed by atoms with Crippen molar-refractivity contribution in [1.82, 2.24) is 5.32 Å². The van der Waals surface area contributed by atoms with E-state index in [4.69, 9.17) is 10.00 Å². The molecule has 0 aliphatic heterocycles. The molecule has 0 bridgehead atoms. The van der Waals surface area contributed by atoms with Crippen molar-refractivity contribution in [2.45, 2.75) is 19.8 Å². The Morgan fingerprint density at radius 3 is 2.93 bits per heavy atom. The molecule has 0 fully saturated rings. The molecule has 0 rings (SSSR count). The van der Waals surface area contributed by atoms with Gasteiger partial charge in [0.05, 0.1) is 19.3 Å². The number of nitrogens with one attached hydrogen (secondary N) is 1. The first kappa shape index (κ1) is 13.7. The Balaban J connectivity index is 3.47. The molecule has 0 aromatic carbocycles. The Bertz CT molecular complexity index is 233. The minimum Gasteiger partial charge on any atom is -0.379 e. The van der Waals surface area contributed by atoms with Crippen molar-refractivity contribution < 1.29 is 9.53 Å². The van der Waals surface area contributed by atoms with Crippen molar-refractivity contribution in [2.24, 2.45) is 5.92 Å². The third kappa shape index (κ3) is 6.69. The molecular formula is C11H18N2O2. The van der Waals surface area contributed by atoms with Gasteiger partial charge in [-0.15, -0.1) is 6.58 Å². The van der Waals surface area contributed by atoms with Crippen LogP contribution < -0.4 is 5.32 Å². The summed E-state index contributed by atoms with van der Waals surface area (Å²) in [7, 11) is 0. The lowest BCUT2D eigenvalue weighted by atomic mass is 10.1. The molecule has 0 spiro atoms. The number of hydrogen-bond acceptors (Lipinski definition) is 3. The molecule has 0 aliphatic rings. The first-order valence-electron chi connectivity index (χ1n) is 5.12. The van der Waals surface area contributed by atoms with E-state index < -0.39 is 5.92 Å². The van der Waals surface area contributed by atoms with Gasteiger partial charge < -0.3 is 10.1 Å². The van der Waals surface area contributed by atoms with Gasteiger partial charge in [-0.3, -0.25) is 4.79 Å². The lowest BCUT2D eigenvalue weighted by Crippen LogP contribution is -2.32. The quantitative estimate of drug-likeness (QED) is 0.484. The molecule has 4 nitrogen and oxygen atoms in total. The van der Waals surface area contributed by atoms with Gasteiger partial charge in [0.25, 0.3) is 0 Å². The van der Waals surface area contributed by atoms with Crippen LogP contribution in [0.2, 0.25) is 0 Å². The van der Waals surface area contributed by atoms with Crippen molar-refractivity contribution in [3.63, 3.8) is 0 Å². The van der Waals surface area contributed by atoms with E-state index in [1.54, 1.807) is 6.08 Å². The number of amides is 1. The summed E-state index contributed by atoms with van der Waals surface area (Å²) in [6.07, 6.45) is 3.13. The fraction of sp³-hybridized carbons (Fsp3) is 0.636. The van der Waals surface area contributed by atoms with E-state index in [9.17, 15) is 4.79 Å². The third-order valence-corrected chi connectivity index (χ3v) is 1.89. The van der Waals surface area contributed by atoms with E-state index in [-0.39, 0.29) is 5.91 Å². The van der Waals surface area contributed by atoms with Gasteiger partial charge in [0.15, 0.2) is 0 Å². The lowest BCUT2D eigenvalue weighted by molar-refractivity contribution is -0.123. The normalized spacial score (nSPS) is 11.5. The molecular weight excluding hydrogens is 192 g/mol. The van der Waals surface area contributed by atoms with Crippen LogP contribution in [-0.4, -0.2) is 25.7 Å². The highest BCUT2D eigenvalue weighted by Crippen LogP contribution is 1.99. The molecule has 1 unspecified atom stereocenters. The van der Waals surface area contributed by atoms with Gasteiger partial charge in [0.2, 0.25) is 5.91 Å².